The van der Waals surface area contributed by atoms with Gasteiger partial charge in [0.1, 0.15) is 5.75 Å². The highest BCUT2D eigenvalue weighted by Crippen LogP contribution is 2.23. The summed E-state index contributed by atoms with van der Waals surface area (Å²) in [7, 11) is 1.56. The van der Waals surface area contributed by atoms with E-state index in [4.69, 9.17) is 4.74 Å². The first kappa shape index (κ1) is 18.8. The molecule has 1 atom stereocenters. The highest BCUT2D eigenvalue weighted by atomic mass is 16.5. The van der Waals surface area contributed by atoms with Crippen LogP contribution in [-0.4, -0.2) is 43.6 Å². The van der Waals surface area contributed by atoms with E-state index in [1.807, 2.05) is 35.2 Å². The number of rotatable bonds is 7. The molecule has 27 heavy (non-hydrogen) atoms. The van der Waals surface area contributed by atoms with Gasteiger partial charge in [-0.1, -0.05) is 42.5 Å². The molecule has 1 fully saturated rings. The van der Waals surface area contributed by atoms with Crippen LogP contribution in [0.3, 0.4) is 0 Å². The largest absolute Gasteiger partial charge is 0.495 e. The fourth-order valence-corrected chi connectivity index (χ4v) is 3.27. The summed E-state index contributed by atoms with van der Waals surface area (Å²) in [5.74, 6) is 0.898. The van der Waals surface area contributed by atoms with Crippen LogP contribution in [0.2, 0.25) is 0 Å². The van der Waals surface area contributed by atoms with Gasteiger partial charge in [-0.25, -0.2) is 4.79 Å². The van der Waals surface area contributed by atoms with Crippen molar-refractivity contribution in [3.05, 3.63) is 60.2 Å². The van der Waals surface area contributed by atoms with E-state index in [9.17, 15) is 9.59 Å². The van der Waals surface area contributed by atoms with Gasteiger partial charge >= 0.3 is 6.03 Å². The molecular weight excluding hydrogens is 342 g/mol. The molecule has 0 aliphatic carbocycles. The second-order valence-electron chi connectivity index (χ2n) is 6.68. The molecule has 0 saturated carbocycles. The third-order valence-electron chi connectivity index (χ3n) is 4.71. The van der Waals surface area contributed by atoms with Gasteiger partial charge < -0.3 is 20.3 Å². The highest BCUT2D eigenvalue weighted by molar-refractivity contribution is 5.91. The van der Waals surface area contributed by atoms with Crippen molar-refractivity contribution in [3.63, 3.8) is 0 Å². The predicted octanol–water partition coefficient (Wildman–Crippen LogP) is 2.91. The number of benzene rings is 2. The van der Waals surface area contributed by atoms with Gasteiger partial charge in [0.15, 0.2) is 0 Å². The van der Waals surface area contributed by atoms with Crippen molar-refractivity contribution in [3.8, 4) is 5.75 Å². The van der Waals surface area contributed by atoms with Gasteiger partial charge in [-0.05, 0) is 24.1 Å². The zero-order valence-corrected chi connectivity index (χ0v) is 15.5. The summed E-state index contributed by atoms with van der Waals surface area (Å²) in [4.78, 5) is 26.2. The molecule has 0 bridgehead atoms. The molecule has 2 aromatic rings. The maximum Gasteiger partial charge on any atom is 0.319 e. The van der Waals surface area contributed by atoms with Gasteiger partial charge in [-0.2, -0.15) is 0 Å². The lowest BCUT2D eigenvalue weighted by Crippen LogP contribution is -2.34. The molecule has 1 aliphatic rings. The highest BCUT2D eigenvalue weighted by Gasteiger charge is 2.29. The first-order valence-electron chi connectivity index (χ1n) is 9.15. The SMILES string of the molecule is COc1ccccc1NC(=O)NC[C@@H]1CC(=O)N(CCc2ccccc2)C1. The van der Waals surface area contributed by atoms with E-state index >= 15 is 0 Å². The number of para-hydroxylation sites is 2. The summed E-state index contributed by atoms with van der Waals surface area (Å²) in [5.41, 5.74) is 1.84. The Morgan fingerprint density at radius 3 is 2.67 bits per heavy atom. The summed E-state index contributed by atoms with van der Waals surface area (Å²) in [6, 6.07) is 17.1. The summed E-state index contributed by atoms with van der Waals surface area (Å²) in [6.07, 6.45) is 1.32. The Hall–Kier alpha value is -3.02. The van der Waals surface area contributed by atoms with Gasteiger partial charge in [0, 0.05) is 32.0 Å². The zero-order valence-electron chi connectivity index (χ0n) is 15.5. The second-order valence-corrected chi connectivity index (χ2v) is 6.68. The fourth-order valence-electron chi connectivity index (χ4n) is 3.27. The molecule has 0 unspecified atom stereocenters. The van der Waals surface area contributed by atoms with E-state index in [0.29, 0.717) is 37.5 Å². The molecule has 3 amide bonds. The number of carbonyl (C=O) groups excluding carboxylic acids is 2. The Bertz CT molecular complexity index is 779. The Morgan fingerprint density at radius 2 is 1.89 bits per heavy atom. The number of carbonyl (C=O) groups is 2. The number of likely N-dealkylation sites (tertiary alicyclic amines) is 1. The minimum Gasteiger partial charge on any atom is -0.495 e. The van der Waals surface area contributed by atoms with Gasteiger partial charge in [-0.3, -0.25) is 4.79 Å². The molecule has 1 saturated heterocycles. The van der Waals surface area contributed by atoms with Crippen LogP contribution >= 0.6 is 0 Å². The lowest BCUT2D eigenvalue weighted by atomic mass is 10.1. The van der Waals surface area contributed by atoms with Crippen LogP contribution in [0.4, 0.5) is 10.5 Å². The molecule has 0 spiro atoms. The van der Waals surface area contributed by atoms with Gasteiger partial charge in [0.2, 0.25) is 5.91 Å². The third-order valence-corrected chi connectivity index (χ3v) is 4.71. The number of nitrogens with one attached hydrogen (secondary N) is 2. The normalized spacial score (nSPS) is 16.3. The number of methoxy groups -OCH3 is 1. The van der Waals surface area contributed by atoms with Crippen molar-refractivity contribution < 1.29 is 14.3 Å². The van der Waals surface area contributed by atoms with Gasteiger partial charge in [0.05, 0.1) is 12.8 Å². The number of nitrogens with zero attached hydrogens (tertiary/aromatic N) is 1. The molecule has 142 valence electrons. The Morgan fingerprint density at radius 1 is 1.15 bits per heavy atom. The number of ether oxygens (including phenoxy) is 1. The third kappa shape index (κ3) is 5.23. The monoisotopic (exact) mass is 367 g/mol. The number of amides is 3. The summed E-state index contributed by atoms with van der Waals surface area (Å²) in [5, 5.41) is 5.64. The molecule has 6 nitrogen and oxygen atoms in total. The van der Waals surface area contributed by atoms with Crippen molar-refractivity contribution in [2.45, 2.75) is 12.8 Å². The van der Waals surface area contributed by atoms with Crippen molar-refractivity contribution >= 4 is 17.6 Å². The van der Waals surface area contributed by atoms with Crippen molar-refractivity contribution in [1.29, 1.82) is 0 Å². The smallest absolute Gasteiger partial charge is 0.319 e. The summed E-state index contributed by atoms with van der Waals surface area (Å²) < 4.78 is 5.22. The Kier molecular flexibility index (Phi) is 6.30. The lowest BCUT2D eigenvalue weighted by molar-refractivity contribution is -0.127. The molecule has 2 N–H and O–H groups in total. The average Bonchev–Trinajstić information content (AvgIpc) is 3.05. The van der Waals surface area contributed by atoms with Crippen LogP contribution < -0.4 is 15.4 Å². The zero-order chi connectivity index (χ0) is 19.1. The number of urea groups is 1. The first-order chi connectivity index (χ1) is 13.2. The van der Waals surface area contributed by atoms with Gasteiger partial charge in [-0.15, -0.1) is 0 Å². The van der Waals surface area contributed by atoms with E-state index < -0.39 is 0 Å². The average molecular weight is 367 g/mol. The maximum absolute atomic E-state index is 12.2. The van der Waals surface area contributed by atoms with Crippen LogP contribution in [0.25, 0.3) is 0 Å². The molecule has 0 radical (unpaired) electrons. The minimum atomic E-state index is -0.297. The number of hydrogen-bond donors (Lipinski definition) is 2. The van der Waals surface area contributed by atoms with E-state index in [-0.39, 0.29) is 17.9 Å². The maximum atomic E-state index is 12.2. The topological polar surface area (TPSA) is 70.7 Å². The van der Waals surface area contributed by atoms with Crippen LogP contribution in [0.5, 0.6) is 5.75 Å². The Labute approximate surface area is 159 Å². The predicted molar refractivity (Wildman–Crippen MR) is 105 cm³/mol. The van der Waals surface area contributed by atoms with Crippen molar-refractivity contribution in [2.24, 2.45) is 5.92 Å². The van der Waals surface area contributed by atoms with E-state index in [2.05, 4.69) is 22.8 Å². The second kappa shape index (κ2) is 9.07. The molecule has 1 aliphatic heterocycles. The number of anilines is 1. The van der Waals surface area contributed by atoms with E-state index in [1.165, 1.54) is 5.56 Å². The molecule has 1 heterocycles. The van der Waals surface area contributed by atoms with Crippen LogP contribution in [0.1, 0.15) is 12.0 Å². The first-order valence-corrected chi connectivity index (χ1v) is 9.15. The lowest BCUT2D eigenvalue weighted by Gasteiger charge is -2.17. The van der Waals surface area contributed by atoms with E-state index in [1.54, 1.807) is 19.2 Å². The molecule has 2 aromatic carbocycles. The summed E-state index contributed by atoms with van der Waals surface area (Å²) >= 11 is 0. The number of hydrogen-bond acceptors (Lipinski definition) is 3. The van der Waals surface area contributed by atoms with Crippen LogP contribution in [-0.2, 0) is 11.2 Å². The minimum absolute atomic E-state index is 0.136. The Balaban J connectivity index is 1.43. The molecule has 3 rings (SSSR count). The molecule has 0 aromatic heterocycles. The van der Waals surface area contributed by atoms with Crippen molar-refractivity contribution in [2.75, 3.05) is 32.1 Å². The quantitative estimate of drug-likeness (QED) is 0.790. The van der Waals surface area contributed by atoms with Crippen LogP contribution in [0.15, 0.2) is 54.6 Å². The molecular formula is C21H25N3O3. The fraction of sp³-hybridized carbons (Fsp3) is 0.333. The van der Waals surface area contributed by atoms with E-state index in [0.717, 1.165) is 6.42 Å². The standard InChI is InChI=1S/C21H25N3O3/c1-27-19-10-6-5-9-18(19)23-21(26)22-14-17-13-20(25)24(15-17)12-11-16-7-3-2-4-8-16/h2-10,17H,11-15H2,1H3,(H2,22,23,26)/t17-/m0/s1. The van der Waals surface area contributed by atoms with Crippen LogP contribution in [0, 0.1) is 5.92 Å². The van der Waals surface area contributed by atoms with Crippen molar-refractivity contribution in [1.82, 2.24) is 10.2 Å². The summed E-state index contributed by atoms with van der Waals surface area (Å²) in [6.45, 7) is 1.86. The van der Waals surface area contributed by atoms with Gasteiger partial charge in [0.25, 0.3) is 0 Å². The molecule has 6 heteroatoms.